The molecule has 0 amide bonds. The predicted molar refractivity (Wildman–Crippen MR) is 106 cm³/mol. The highest BCUT2D eigenvalue weighted by Gasteiger charge is 2.14. The molecular formula is C21H14Cl2N2O. The molecule has 0 saturated carbocycles. The maximum atomic E-state index is 12.6. The van der Waals surface area contributed by atoms with E-state index in [-0.39, 0.29) is 5.78 Å². The topological polar surface area (TPSA) is 45.8 Å². The summed E-state index contributed by atoms with van der Waals surface area (Å²) < 4.78 is 0. The fraction of sp³-hybridized carbons (Fsp3) is 0.0476. The quantitative estimate of drug-likeness (QED) is 0.443. The number of rotatable bonds is 4. The summed E-state index contributed by atoms with van der Waals surface area (Å²) in [7, 11) is 0. The Bertz CT molecular complexity index is 1080. The number of carbonyl (C=O) groups excluding carboxylic acids is 1. The lowest BCUT2D eigenvalue weighted by Crippen LogP contribution is -2.03. The molecular weight excluding hydrogens is 367 g/mol. The Labute approximate surface area is 160 Å². The molecule has 128 valence electrons. The van der Waals surface area contributed by atoms with E-state index in [4.69, 9.17) is 23.2 Å². The van der Waals surface area contributed by atoms with Gasteiger partial charge in [-0.2, -0.15) is 0 Å². The zero-order valence-electron chi connectivity index (χ0n) is 13.7. The van der Waals surface area contributed by atoms with Gasteiger partial charge in [-0.15, -0.1) is 0 Å². The van der Waals surface area contributed by atoms with Gasteiger partial charge in [-0.3, -0.25) is 4.79 Å². The lowest BCUT2D eigenvalue weighted by molar-refractivity contribution is 0.0993. The maximum absolute atomic E-state index is 12.6. The van der Waals surface area contributed by atoms with Gasteiger partial charge in [0.05, 0.1) is 26.6 Å². The average Bonchev–Trinajstić information content (AvgIpc) is 3.05. The second kappa shape index (κ2) is 6.94. The van der Waals surface area contributed by atoms with E-state index >= 15 is 0 Å². The molecule has 0 fully saturated rings. The van der Waals surface area contributed by atoms with Crippen LogP contribution >= 0.6 is 23.2 Å². The fourth-order valence-corrected chi connectivity index (χ4v) is 3.49. The van der Waals surface area contributed by atoms with E-state index < -0.39 is 0 Å². The van der Waals surface area contributed by atoms with Crippen molar-refractivity contribution in [2.75, 3.05) is 0 Å². The Morgan fingerprint density at radius 1 is 0.923 bits per heavy atom. The van der Waals surface area contributed by atoms with Crippen LogP contribution in [0.15, 0.2) is 66.7 Å². The number of Topliss-reactive ketones (excluding diaryl/α,β-unsaturated/α-hetero) is 1. The first-order valence-electron chi connectivity index (χ1n) is 8.13. The molecule has 0 saturated heterocycles. The number of benzene rings is 3. The number of imidazole rings is 1. The lowest BCUT2D eigenvalue weighted by atomic mass is 10.0. The molecule has 0 atom stereocenters. The third-order valence-corrected chi connectivity index (χ3v) is 4.84. The smallest absolute Gasteiger partial charge is 0.167 e. The summed E-state index contributed by atoms with van der Waals surface area (Å²) in [6.45, 7) is 0. The first kappa shape index (κ1) is 16.8. The van der Waals surface area contributed by atoms with Gasteiger partial charge in [0.25, 0.3) is 0 Å². The van der Waals surface area contributed by atoms with Crippen molar-refractivity contribution in [2.45, 2.75) is 6.42 Å². The first-order valence-corrected chi connectivity index (χ1v) is 8.89. The van der Waals surface area contributed by atoms with Crippen molar-refractivity contribution in [3.63, 3.8) is 0 Å². The highest BCUT2D eigenvalue weighted by molar-refractivity contribution is 6.39. The third kappa shape index (κ3) is 3.24. The summed E-state index contributed by atoms with van der Waals surface area (Å²) in [4.78, 5) is 20.3. The number of nitrogens with zero attached hydrogens (tertiary/aromatic N) is 1. The van der Waals surface area contributed by atoms with E-state index in [2.05, 4.69) is 9.97 Å². The van der Waals surface area contributed by atoms with E-state index in [0.717, 1.165) is 16.6 Å². The molecule has 0 bridgehead atoms. The number of H-pyrrole nitrogens is 1. The molecule has 0 aliphatic heterocycles. The SMILES string of the molecule is O=C(Cc1ccccc1)c1ccc2nc(-c3c(Cl)cccc3Cl)[nH]c2c1. The highest BCUT2D eigenvalue weighted by atomic mass is 35.5. The summed E-state index contributed by atoms with van der Waals surface area (Å²) in [5.41, 5.74) is 3.82. The van der Waals surface area contributed by atoms with Crippen LogP contribution in [0, 0.1) is 0 Å². The van der Waals surface area contributed by atoms with Crippen molar-refractivity contribution < 1.29 is 4.79 Å². The van der Waals surface area contributed by atoms with Crippen molar-refractivity contribution >= 4 is 40.0 Å². The number of aromatic amines is 1. The van der Waals surface area contributed by atoms with Gasteiger partial charge in [-0.25, -0.2) is 4.98 Å². The monoisotopic (exact) mass is 380 g/mol. The molecule has 0 aliphatic rings. The summed E-state index contributed by atoms with van der Waals surface area (Å²) in [6, 6.07) is 20.5. The molecule has 4 aromatic rings. The van der Waals surface area contributed by atoms with Crippen LogP contribution in [0.3, 0.4) is 0 Å². The molecule has 4 rings (SSSR count). The van der Waals surface area contributed by atoms with Gasteiger partial charge in [-0.05, 0) is 35.9 Å². The number of carbonyl (C=O) groups is 1. The van der Waals surface area contributed by atoms with Crippen LogP contribution in [0.4, 0.5) is 0 Å². The van der Waals surface area contributed by atoms with Crippen molar-refractivity contribution in [2.24, 2.45) is 0 Å². The maximum Gasteiger partial charge on any atom is 0.167 e. The number of ketones is 1. The van der Waals surface area contributed by atoms with Gasteiger partial charge in [0.2, 0.25) is 0 Å². The first-order chi connectivity index (χ1) is 12.6. The van der Waals surface area contributed by atoms with Crippen molar-refractivity contribution in [1.29, 1.82) is 0 Å². The zero-order chi connectivity index (χ0) is 18.1. The van der Waals surface area contributed by atoms with E-state index in [0.29, 0.717) is 33.4 Å². The normalized spacial score (nSPS) is 11.0. The van der Waals surface area contributed by atoms with E-state index in [1.54, 1.807) is 24.3 Å². The van der Waals surface area contributed by atoms with Gasteiger partial charge >= 0.3 is 0 Å². The summed E-state index contributed by atoms with van der Waals surface area (Å²) in [5, 5.41) is 1.05. The Kier molecular flexibility index (Phi) is 4.49. The van der Waals surface area contributed by atoms with Crippen LogP contribution < -0.4 is 0 Å². The van der Waals surface area contributed by atoms with Gasteiger partial charge in [0.15, 0.2) is 5.78 Å². The van der Waals surface area contributed by atoms with Crippen LogP contribution in [-0.4, -0.2) is 15.8 Å². The van der Waals surface area contributed by atoms with Crippen LogP contribution in [-0.2, 0) is 6.42 Å². The lowest BCUT2D eigenvalue weighted by Gasteiger charge is -2.02. The highest BCUT2D eigenvalue weighted by Crippen LogP contribution is 2.33. The molecule has 1 heterocycles. The molecule has 3 nitrogen and oxygen atoms in total. The number of hydrogen-bond acceptors (Lipinski definition) is 2. The second-order valence-electron chi connectivity index (χ2n) is 6.00. The number of hydrogen-bond donors (Lipinski definition) is 1. The Morgan fingerprint density at radius 3 is 2.38 bits per heavy atom. The van der Waals surface area contributed by atoms with Crippen molar-refractivity contribution in [1.82, 2.24) is 9.97 Å². The molecule has 0 radical (unpaired) electrons. The standard InChI is InChI=1S/C21H14Cl2N2O/c22-15-7-4-8-16(23)20(15)21-24-17-10-9-14(12-18(17)25-21)19(26)11-13-5-2-1-3-6-13/h1-10,12H,11H2,(H,24,25). The molecule has 3 aromatic carbocycles. The third-order valence-electron chi connectivity index (χ3n) is 4.21. The molecule has 0 spiro atoms. The predicted octanol–water partition coefficient (Wildman–Crippen LogP) is 5.96. The molecule has 1 N–H and O–H groups in total. The average molecular weight is 381 g/mol. The van der Waals surface area contributed by atoms with Crippen LogP contribution in [0.25, 0.3) is 22.4 Å². The Morgan fingerprint density at radius 2 is 1.65 bits per heavy atom. The van der Waals surface area contributed by atoms with Gasteiger partial charge in [-0.1, -0.05) is 59.6 Å². The molecule has 26 heavy (non-hydrogen) atoms. The fourth-order valence-electron chi connectivity index (χ4n) is 2.91. The van der Waals surface area contributed by atoms with Crippen LogP contribution in [0.2, 0.25) is 10.0 Å². The minimum Gasteiger partial charge on any atom is -0.338 e. The minimum absolute atomic E-state index is 0.0602. The molecule has 1 aromatic heterocycles. The summed E-state index contributed by atoms with van der Waals surface area (Å²) in [6.07, 6.45) is 0.365. The summed E-state index contributed by atoms with van der Waals surface area (Å²) in [5.74, 6) is 0.647. The Hall–Kier alpha value is -2.62. The van der Waals surface area contributed by atoms with Crippen molar-refractivity contribution in [3.8, 4) is 11.4 Å². The minimum atomic E-state index is 0.0602. The van der Waals surface area contributed by atoms with E-state index in [1.165, 1.54) is 0 Å². The number of fused-ring (bicyclic) bond motifs is 1. The van der Waals surface area contributed by atoms with Gasteiger partial charge in [0, 0.05) is 12.0 Å². The second-order valence-corrected chi connectivity index (χ2v) is 6.81. The number of halogens is 2. The zero-order valence-corrected chi connectivity index (χ0v) is 15.2. The molecule has 5 heteroatoms. The summed E-state index contributed by atoms with van der Waals surface area (Å²) >= 11 is 12.5. The molecule has 0 unspecified atom stereocenters. The largest absolute Gasteiger partial charge is 0.338 e. The van der Waals surface area contributed by atoms with Crippen LogP contribution in [0.1, 0.15) is 15.9 Å². The number of aromatic nitrogens is 2. The van der Waals surface area contributed by atoms with Crippen LogP contribution in [0.5, 0.6) is 0 Å². The van der Waals surface area contributed by atoms with Gasteiger partial charge in [0.1, 0.15) is 5.82 Å². The van der Waals surface area contributed by atoms with E-state index in [1.807, 2.05) is 42.5 Å². The molecule has 0 aliphatic carbocycles. The van der Waals surface area contributed by atoms with E-state index in [9.17, 15) is 4.79 Å². The van der Waals surface area contributed by atoms with Gasteiger partial charge < -0.3 is 4.98 Å². The van der Waals surface area contributed by atoms with Crippen molar-refractivity contribution in [3.05, 3.63) is 87.9 Å². The number of nitrogens with one attached hydrogen (secondary N) is 1. The Balaban J connectivity index is 1.69.